The molecule has 4 rings (SSSR count). The summed E-state index contributed by atoms with van der Waals surface area (Å²) in [6.45, 7) is 7.00. The minimum Gasteiger partial charge on any atom is -0.381 e. The van der Waals surface area contributed by atoms with Crippen molar-refractivity contribution in [1.29, 1.82) is 0 Å². The van der Waals surface area contributed by atoms with Crippen LogP contribution in [0.15, 0.2) is 42.6 Å². The number of aromatic amines is 1. The van der Waals surface area contributed by atoms with E-state index in [-0.39, 0.29) is 5.92 Å². The maximum atomic E-state index is 4.14. The summed E-state index contributed by atoms with van der Waals surface area (Å²) < 4.78 is 1.82. The van der Waals surface area contributed by atoms with Crippen LogP contribution < -0.4 is 5.32 Å². The van der Waals surface area contributed by atoms with Crippen LogP contribution in [-0.4, -0.2) is 30.4 Å². The summed E-state index contributed by atoms with van der Waals surface area (Å²) in [6.07, 6.45) is 1.84. The lowest BCUT2D eigenvalue weighted by molar-refractivity contribution is 0.707. The molecule has 7 heteroatoms. The third-order valence-electron chi connectivity index (χ3n) is 4.44. The third kappa shape index (κ3) is 3.03. The SMILES string of the molecule is Cc1cc(NCc2ccc3[nH]ncc3c2)ccc1-n1nnnc1C(C)C. The van der Waals surface area contributed by atoms with Crippen molar-refractivity contribution in [2.45, 2.75) is 33.2 Å². The number of benzene rings is 2. The lowest BCUT2D eigenvalue weighted by atomic mass is 10.1. The molecule has 2 aromatic carbocycles. The van der Waals surface area contributed by atoms with Gasteiger partial charge in [0.1, 0.15) is 0 Å². The number of nitrogens with zero attached hydrogens (tertiary/aromatic N) is 5. The van der Waals surface area contributed by atoms with Gasteiger partial charge in [-0.3, -0.25) is 5.10 Å². The predicted octanol–water partition coefficient (Wildman–Crippen LogP) is 3.58. The quantitative estimate of drug-likeness (QED) is 0.576. The van der Waals surface area contributed by atoms with E-state index in [1.54, 1.807) is 0 Å². The molecular formula is C19H21N7. The van der Waals surface area contributed by atoms with Crippen LogP contribution in [0.2, 0.25) is 0 Å². The molecule has 0 amide bonds. The Balaban J connectivity index is 1.53. The summed E-state index contributed by atoms with van der Waals surface area (Å²) in [5.41, 5.74) is 5.45. The van der Waals surface area contributed by atoms with Gasteiger partial charge in [0.05, 0.1) is 17.4 Å². The zero-order chi connectivity index (χ0) is 18.1. The minimum absolute atomic E-state index is 0.264. The lowest BCUT2D eigenvalue weighted by Gasteiger charge is -2.12. The number of tetrazole rings is 1. The molecule has 0 atom stereocenters. The largest absolute Gasteiger partial charge is 0.381 e. The van der Waals surface area contributed by atoms with Gasteiger partial charge in [0.25, 0.3) is 0 Å². The number of fused-ring (bicyclic) bond motifs is 1. The van der Waals surface area contributed by atoms with E-state index < -0.39 is 0 Å². The van der Waals surface area contributed by atoms with Crippen molar-refractivity contribution in [2.24, 2.45) is 0 Å². The van der Waals surface area contributed by atoms with E-state index in [2.05, 4.69) is 88.2 Å². The van der Waals surface area contributed by atoms with Crippen LogP contribution in [0, 0.1) is 6.92 Å². The first-order valence-electron chi connectivity index (χ1n) is 8.67. The fourth-order valence-corrected chi connectivity index (χ4v) is 3.03. The fraction of sp³-hybridized carbons (Fsp3) is 0.263. The van der Waals surface area contributed by atoms with Gasteiger partial charge < -0.3 is 5.32 Å². The highest BCUT2D eigenvalue weighted by molar-refractivity contribution is 5.78. The monoisotopic (exact) mass is 347 g/mol. The van der Waals surface area contributed by atoms with Crippen molar-refractivity contribution in [3.05, 3.63) is 59.5 Å². The highest BCUT2D eigenvalue weighted by Crippen LogP contribution is 2.22. The second kappa shape index (κ2) is 6.59. The summed E-state index contributed by atoms with van der Waals surface area (Å²) in [5, 5.41) is 23.7. The zero-order valence-electron chi connectivity index (χ0n) is 15.1. The number of nitrogens with one attached hydrogen (secondary N) is 2. The lowest BCUT2D eigenvalue weighted by Crippen LogP contribution is -2.07. The molecule has 26 heavy (non-hydrogen) atoms. The summed E-state index contributed by atoms with van der Waals surface area (Å²) in [6, 6.07) is 12.5. The molecule has 0 radical (unpaired) electrons. The number of H-pyrrole nitrogens is 1. The standard InChI is InChI=1S/C19H21N7/c1-12(2)19-23-24-25-26(19)18-7-5-16(8-13(18)3)20-10-14-4-6-17-15(9-14)11-21-22-17/h4-9,11-12,20H,10H2,1-3H3,(H,21,22). The maximum Gasteiger partial charge on any atom is 0.159 e. The third-order valence-corrected chi connectivity index (χ3v) is 4.44. The molecule has 0 aliphatic rings. The van der Waals surface area contributed by atoms with Gasteiger partial charge in [0.2, 0.25) is 0 Å². The van der Waals surface area contributed by atoms with E-state index in [9.17, 15) is 0 Å². The van der Waals surface area contributed by atoms with Crippen LogP contribution in [0.4, 0.5) is 5.69 Å². The van der Waals surface area contributed by atoms with Gasteiger partial charge in [-0.25, -0.2) is 0 Å². The predicted molar refractivity (Wildman–Crippen MR) is 101 cm³/mol. The summed E-state index contributed by atoms with van der Waals surface area (Å²) >= 11 is 0. The Morgan fingerprint density at radius 2 is 2.04 bits per heavy atom. The molecule has 0 bridgehead atoms. The molecule has 0 unspecified atom stereocenters. The van der Waals surface area contributed by atoms with E-state index in [0.717, 1.165) is 40.2 Å². The van der Waals surface area contributed by atoms with E-state index in [0.29, 0.717) is 0 Å². The number of rotatable bonds is 5. The molecule has 2 heterocycles. The first-order valence-corrected chi connectivity index (χ1v) is 8.67. The van der Waals surface area contributed by atoms with Gasteiger partial charge in [-0.05, 0) is 58.8 Å². The highest BCUT2D eigenvalue weighted by Gasteiger charge is 2.13. The Morgan fingerprint density at radius 3 is 2.85 bits per heavy atom. The highest BCUT2D eigenvalue weighted by atomic mass is 15.5. The summed E-state index contributed by atoms with van der Waals surface area (Å²) in [5.74, 6) is 1.13. The van der Waals surface area contributed by atoms with E-state index in [1.165, 1.54) is 5.56 Å². The number of anilines is 1. The minimum atomic E-state index is 0.264. The maximum absolute atomic E-state index is 4.14. The first-order chi connectivity index (χ1) is 12.6. The van der Waals surface area contributed by atoms with E-state index in [4.69, 9.17) is 0 Å². The normalized spacial score (nSPS) is 11.4. The molecular weight excluding hydrogens is 326 g/mol. The number of aromatic nitrogens is 6. The van der Waals surface area contributed by atoms with Crippen LogP contribution in [0.1, 0.15) is 36.7 Å². The molecule has 2 N–H and O–H groups in total. The van der Waals surface area contributed by atoms with Crippen LogP contribution in [0.5, 0.6) is 0 Å². The smallest absolute Gasteiger partial charge is 0.159 e. The zero-order valence-corrected chi connectivity index (χ0v) is 15.1. The Morgan fingerprint density at radius 1 is 1.15 bits per heavy atom. The Hall–Kier alpha value is -3.22. The van der Waals surface area contributed by atoms with Crippen molar-refractivity contribution in [3.63, 3.8) is 0 Å². The Kier molecular flexibility index (Phi) is 4.12. The molecule has 0 saturated heterocycles. The molecule has 0 spiro atoms. The van der Waals surface area contributed by atoms with Gasteiger partial charge in [0, 0.05) is 23.5 Å². The number of hydrogen-bond acceptors (Lipinski definition) is 5. The van der Waals surface area contributed by atoms with Gasteiger partial charge in [0.15, 0.2) is 5.82 Å². The molecule has 132 valence electrons. The average Bonchev–Trinajstić information content (AvgIpc) is 3.28. The van der Waals surface area contributed by atoms with Crippen molar-refractivity contribution in [3.8, 4) is 5.69 Å². The van der Waals surface area contributed by atoms with Crippen LogP contribution >= 0.6 is 0 Å². The molecule has 2 aromatic heterocycles. The number of aryl methyl sites for hydroxylation is 1. The van der Waals surface area contributed by atoms with Gasteiger partial charge in [-0.15, -0.1) is 5.10 Å². The first kappa shape index (κ1) is 16.3. The molecule has 0 fully saturated rings. The second-order valence-corrected chi connectivity index (χ2v) is 6.75. The molecule has 4 aromatic rings. The Bertz CT molecular complexity index is 1040. The molecule has 0 saturated carbocycles. The van der Waals surface area contributed by atoms with Crippen molar-refractivity contribution < 1.29 is 0 Å². The molecule has 7 nitrogen and oxygen atoms in total. The Labute approximate surface area is 151 Å². The molecule has 0 aliphatic heterocycles. The topological polar surface area (TPSA) is 84.3 Å². The van der Waals surface area contributed by atoms with Crippen LogP contribution in [0.25, 0.3) is 16.6 Å². The fourth-order valence-electron chi connectivity index (χ4n) is 3.03. The summed E-state index contributed by atoms with van der Waals surface area (Å²) in [7, 11) is 0. The van der Waals surface area contributed by atoms with Crippen LogP contribution in [0.3, 0.4) is 0 Å². The number of hydrogen-bond donors (Lipinski definition) is 2. The van der Waals surface area contributed by atoms with Crippen LogP contribution in [-0.2, 0) is 6.54 Å². The van der Waals surface area contributed by atoms with Gasteiger partial charge in [-0.2, -0.15) is 9.78 Å². The van der Waals surface area contributed by atoms with Gasteiger partial charge >= 0.3 is 0 Å². The van der Waals surface area contributed by atoms with Crippen molar-refractivity contribution in [1.82, 2.24) is 30.4 Å². The van der Waals surface area contributed by atoms with Gasteiger partial charge in [-0.1, -0.05) is 19.9 Å². The van der Waals surface area contributed by atoms with E-state index >= 15 is 0 Å². The van der Waals surface area contributed by atoms with Crippen molar-refractivity contribution >= 4 is 16.6 Å². The van der Waals surface area contributed by atoms with Crippen molar-refractivity contribution in [2.75, 3.05) is 5.32 Å². The van der Waals surface area contributed by atoms with E-state index in [1.807, 2.05) is 10.9 Å². The second-order valence-electron chi connectivity index (χ2n) is 6.75. The molecule has 0 aliphatic carbocycles. The summed E-state index contributed by atoms with van der Waals surface area (Å²) in [4.78, 5) is 0. The average molecular weight is 347 g/mol.